The van der Waals surface area contributed by atoms with Crippen molar-refractivity contribution >= 4 is 27.9 Å². The second-order valence-corrected chi connectivity index (χ2v) is 7.76. The number of ether oxygens (including phenoxy) is 1. The van der Waals surface area contributed by atoms with Gasteiger partial charge in [-0.3, -0.25) is 4.79 Å². The predicted molar refractivity (Wildman–Crippen MR) is 99.8 cm³/mol. The SMILES string of the molecule is CC(C)(C)OC(=O)c1ccc(CC(C(=O)O)c2ccc(Br)cc2)cc1. The summed E-state index contributed by atoms with van der Waals surface area (Å²) < 4.78 is 6.23. The molecular formula is C20H21BrO4. The molecule has 0 aliphatic rings. The predicted octanol–water partition coefficient (Wildman–Crippen LogP) is 4.82. The van der Waals surface area contributed by atoms with Crippen LogP contribution in [0.1, 0.15) is 48.2 Å². The van der Waals surface area contributed by atoms with Crippen LogP contribution in [0, 0.1) is 0 Å². The molecule has 0 saturated heterocycles. The van der Waals surface area contributed by atoms with Crippen molar-refractivity contribution in [2.75, 3.05) is 0 Å². The first-order valence-electron chi connectivity index (χ1n) is 7.96. The molecule has 2 aromatic rings. The molecule has 1 unspecified atom stereocenters. The molecule has 25 heavy (non-hydrogen) atoms. The number of hydrogen-bond donors (Lipinski definition) is 1. The Morgan fingerprint density at radius 1 is 1.04 bits per heavy atom. The van der Waals surface area contributed by atoms with Crippen LogP contribution < -0.4 is 0 Å². The molecule has 132 valence electrons. The zero-order chi connectivity index (χ0) is 18.6. The summed E-state index contributed by atoms with van der Waals surface area (Å²) in [7, 11) is 0. The van der Waals surface area contributed by atoms with Crippen LogP contribution in [0.4, 0.5) is 0 Å². The average Bonchev–Trinajstić information content (AvgIpc) is 2.52. The smallest absolute Gasteiger partial charge is 0.338 e. The molecule has 0 spiro atoms. The Morgan fingerprint density at radius 3 is 2.08 bits per heavy atom. The van der Waals surface area contributed by atoms with E-state index in [2.05, 4.69) is 15.9 Å². The van der Waals surface area contributed by atoms with E-state index >= 15 is 0 Å². The minimum atomic E-state index is -0.876. The van der Waals surface area contributed by atoms with E-state index in [1.165, 1.54) is 0 Å². The van der Waals surface area contributed by atoms with Gasteiger partial charge in [0.2, 0.25) is 0 Å². The normalized spacial score (nSPS) is 12.5. The fourth-order valence-electron chi connectivity index (χ4n) is 2.39. The van der Waals surface area contributed by atoms with Gasteiger partial charge in [0.25, 0.3) is 0 Å². The van der Waals surface area contributed by atoms with E-state index in [4.69, 9.17) is 4.74 Å². The lowest BCUT2D eigenvalue weighted by Gasteiger charge is -2.19. The largest absolute Gasteiger partial charge is 0.481 e. The van der Waals surface area contributed by atoms with Crippen LogP contribution in [-0.2, 0) is 16.0 Å². The third kappa shape index (κ3) is 5.71. The van der Waals surface area contributed by atoms with Crippen LogP contribution in [0.3, 0.4) is 0 Å². The lowest BCUT2D eigenvalue weighted by atomic mass is 9.92. The van der Waals surface area contributed by atoms with Crippen molar-refractivity contribution in [1.29, 1.82) is 0 Å². The van der Waals surface area contributed by atoms with Gasteiger partial charge >= 0.3 is 11.9 Å². The van der Waals surface area contributed by atoms with Crippen molar-refractivity contribution in [3.05, 3.63) is 69.7 Å². The van der Waals surface area contributed by atoms with E-state index in [0.29, 0.717) is 12.0 Å². The van der Waals surface area contributed by atoms with Gasteiger partial charge in [-0.1, -0.05) is 40.2 Å². The van der Waals surface area contributed by atoms with Gasteiger partial charge in [-0.15, -0.1) is 0 Å². The Balaban J connectivity index is 2.14. The summed E-state index contributed by atoms with van der Waals surface area (Å²) >= 11 is 3.35. The molecule has 0 amide bonds. The Morgan fingerprint density at radius 2 is 1.60 bits per heavy atom. The first kappa shape index (κ1) is 19.2. The van der Waals surface area contributed by atoms with Crippen molar-refractivity contribution in [3.8, 4) is 0 Å². The monoisotopic (exact) mass is 404 g/mol. The number of carbonyl (C=O) groups excluding carboxylic acids is 1. The number of halogens is 1. The van der Waals surface area contributed by atoms with Crippen LogP contribution in [0.5, 0.6) is 0 Å². The Bertz CT molecular complexity index is 743. The number of carboxylic acids is 1. The number of hydrogen-bond acceptors (Lipinski definition) is 3. The van der Waals surface area contributed by atoms with Gasteiger partial charge in [0.15, 0.2) is 0 Å². The van der Waals surface area contributed by atoms with E-state index in [-0.39, 0.29) is 5.97 Å². The van der Waals surface area contributed by atoms with Gasteiger partial charge in [0.1, 0.15) is 5.60 Å². The van der Waals surface area contributed by atoms with Crippen LogP contribution in [0.25, 0.3) is 0 Å². The minimum Gasteiger partial charge on any atom is -0.481 e. The Kier molecular flexibility index (Phi) is 6.01. The molecule has 0 aliphatic heterocycles. The number of esters is 1. The summed E-state index contributed by atoms with van der Waals surface area (Å²) in [5.41, 5.74) is 1.50. The molecule has 0 saturated carbocycles. The first-order valence-corrected chi connectivity index (χ1v) is 8.75. The zero-order valence-corrected chi connectivity index (χ0v) is 16.0. The Labute approximate surface area is 156 Å². The lowest BCUT2D eigenvalue weighted by molar-refractivity contribution is -0.138. The molecule has 0 aromatic heterocycles. The molecule has 1 N–H and O–H groups in total. The zero-order valence-electron chi connectivity index (χ0n) is 14.5. The van der Waals surface area contributed by atoms with Gasteiger partial charge in [-0.05, 0) is 62.6 Å². The number of benzene rings is 2. The highest BCUT2D eigenvalue weighted by Gasteiger charge is 2.21. The van der Waals surface area contributed by atoms with Crippen molar-refractivity contribution in [2.24, 2.45) is 0 Å². The molecule has 0 radical (unpaired) electrons. The van der Waals surface area contributed by atoms with Gasteiger partial charge in [-0.25, -0.2) is 4.79 Å². The molecule has 5 heteroatoms. The molecule has 1 atom stereocenters. The number of carbonyl (C=O) groups is 2. The van der Waals surface area contributed by atoms with Gasteiger partial charge in [-0.2, -0.15) is 0 Å². The Hall–Kier alpha value is -2.14. The minimum absolute atomic E-state index is 0.353. The lowest BCUT2D eigenvalue weighted by Crippen LogP contribution is -2.23. The van der Waals surface area contributed by atoms with E-state index in [1.54, 1.807) is 36.4 Å². The maximum absolute atomic E-state index is 12.0. The molecule has 2 rings (SSSR count). The summed E-state index contributed by atoms with van der Waals surface area (Å²) in [4.78, 5) is 23.7. The molecule has 0 fully saturated rings. The van der Waals surface area contributed by atoms with E-state index in [1.807, 2.05) is 32.9 Å². The summed E-state index contributed by atoms with van der Waals surface area (Å²) in [5.74, 6) is -1.90. The highest BCUT2D eigenvalue weighted by atomic mass is 79.9. The molecular weight excluding hydrogens is 384 g/mol. The molecule has 2 aromatic carbocycles. The highest BCUT2D eigenvalue weighted by molar-refractivity contribution is 9.10. The van der Waals surface area contributed by atoms with Crippen LogP contribution >= 0.6 is 15.9 Å². The molecule has 4 nitrogen and oxygen atoms in total. The first-order chi connectivity index (χ1) is 11.7. The van der Waals surface area contributed by atoms with Gasteiger partial charge in [0.05, 0.1) is 11.5 Å². The fraction of sp³-hybridized carbons (Fsp3) is 0.300. The van der Waals surface area contributed by atoms with E-state index in [0.717, 1.165) is 15.6 Å². The third-order valence-electron chi connectivity index (χ3n) is 3.60. The third-order valence-corrected chi connectivity index (χ3v) is 4.13. The summed E-state index contributed by atoms with van der Waals surface area (Å²) in [6, 6.07) is 14.2. The maximum Gasteiger partial charge on any atom is 0.338 e. The number of carboxylic acid groups (broad SMARTS) is 1. The highest BCUT2D eigenvalue weighted by Crippen LogP contribution is 2.24. The van der Waals surface area contributed by atoms with Crippen molar-refractivity contribution in [1.82, 2.24) is 0 Å². The number of rotatable bonds is 5. The van der Waals surface area contributed by atoms with Crippen LogP contribution in [-0.4, -0.2) is 22.6 Å². The average molecular weight is 405 g/mol. The van der Waals surface area contributed by atoms with Gasteiger partial charge < -0.3 is 9.84 Å². The van der Waals surface area contributed by atoms with Crippen molar-refractivity contribution in [2.45, 2.75) is 38.7 Å². The van der Waals surface area contributed by atoms with Crippen molar-refractivity contribution in [3.63, 3.8) is 0 Å². The van der Waals surface area contributed by atoms with Crippen LogP contribution in [0.15, 0.2) is 53.0 Å². The molecule has 0 aliphatic carbocycles. The van der Waals surface area contributed by atoms with E-state index < -0.39 is 17.5 Å². The standard InChI is InChI=1S/C20H21BrO4/c1-20(2,3)25-19(24)15-6-4-13(5-7-15)12-17(18(22)23)14-8-10-16(21)11-9-14/h4-11,17H,12H2,1-3H3,(H,22,23). The summed E-state index contributed by atoms with van der Waals surface area (Å²) in [6.07, 6.45) is 0.353. The van der Waals surface area contributed by atoms with Crippen LogP contribution in [0.2, 0.25) is 0 Å². The van der Waals surface area contributed by atoms with E-state index in [9.17, 15) is 14.7 Å². The summed E-state index contributed by atoms with van der Waals surface area (Å²) in [5, 5.41) is 9.54. The second-order valence-electron chi connectivity index (χ2n) is 6.85. The maximum atomic E-state index is 12.0. The van der Waals surface area contributed by atoms with Crippen molar-refractivity contribution < 1.29 is 19.4 Å². The quantitative estimate of drug-likeness (QED) is 0.725. The van der Waals surface area contributed by atoms with Gasteiger partial charge in [0, 0.05) is 4.47 Å². The molecule has 0 bridgehead atoms. The molecule has 0 heterocycles. The second kappa shape index (κ2) is 7.83. The summed E-state index contributed by atoms with van der Waals surface area (Å²) in [6.45, 7) is 5.44. The fourth-order valence-corrected chi connectivity index (χ4v) is 2.66. The topological polar surface area (TPSA) is 63.6 Å². The number of aliphatic carboxylic acids is 1.